The van der Waals surface area contributed by atoms with Crippen molar-refractivity contribution >= 4 is 17.3 Å². The molecule has 0 radical (unpaired) electrons. The average Bonchev–Trinajstić information content (AvgIpc) is 2.45. The molecule has 1 aromatic rings. The number of hydrogen-bond donors (Lipinski definition) is 2. The van der Waals surface area contributed by atoms with Crippen molar-refractivity contribution in [2.24, 2.45) is 5.92 Å². The number of carboxylic acid groups (broad SMARTS) is 1. The van der Waals surface area contributed by atoms with Gasteiger partial charge in [-0.3, -0.25) is 10.1 Å². The number of para-hydroxylation sites is 1. The van der Waals surface area contributed by atoms with E-state index in [9.17, 15) is 14.9 Å². The van der Waals surface area contributed by atoms with Gasteiger partial charge in [0.05, 0.1) is 10.5 Å². The number of nitrogens with zero attached hydrogens (tertiary/aromatic N) is 1. The van der Waals surface area contributed by atoms with Crippen molar-refractivity contribution in [2.45, 2.75) is 32.1 Å². The second-order valence-electron chi connectivity index (χ2n) is 5.15. The topological polar surface area (TPSA) is 92.5 Å². The molecule has 108 valence electrons. The molecule has 0 unspecified atom stereocenters. The molecule has 0 saturated heterocycles. The van der Waals surface area contributed by atoms with Gasteiger partial charge in [-0.25, -0.2) is 4.79 Å². The van der Waals surface area contributed by atoms with Gasteiger partial charge in [-0.1, -0.05) is 25.3 Å². The lowest BCUT2D eigenvalue weighted by molar-refractivity contribution is -0.384. The van der Waals surface area contributed by atoms with Crippen molar-refractivity contribution in [3.63, 3.8) is 0 Å². The third kappa shape index (κ3) is 3.26. The van der Waals surface area contributed by atoms with Crippen molar-refractivity contribution in [3.8, 4) is 0 Å². The van der Waals surface area contributed by atoms with Crippen molar-refractivity contribution in [1.29, 1.82) is 0 Å². The van der Waals surface area contributed by atoms with Gasteiger partial charge in [0.1, 0.15) is 5.69 Å². The molecule has 1 fully saturated rings. The van der Waals surface area contributed by atoms with E-state index in [2.05, 4.69) is 5.32 Å². The number of hydrogen-bond acceptors (Lipinski definition) is 4. The van der Waals surface area contributed by atoms with E-state index < -0.39 is 10.9 Å². The maximum absolute atomic E-state index is 11.2. The molecule has 1 aromatic carbocycles. The lowest BCUT2D eigenvalue weighted by Gasteiger charge is -2.22. The summed E-state index contributed by atoms with van der Waals surface area (Å²) in [6, 6.07) is 4.11. The Labute approximate surface area is 117 Å². The highest BCUT2D eigenvalue weighted by Crippen LogP contribution is 2.30. The molecule has 0 aromatic heterocycles. The Morgan fingerprint density at radius 3 is 2.65 bits per heavy atom. The number of nitro benzene ring substituents is 1. The molecule has 2 rings (SSSR count). The summed E-state index contributed by atoms with van der Waals surface area (Å²) in [5, 5.41) is 23.2. The van der Waals surface area contributed by atoms with Gasteiger partial charge in [-0.05, 0) is 24.8 Å². The second kappa shape index (κ2) is 6.36. The predicted octanol–water partition coefficient (Wildman–Crippen LogP) is 3.29. The van der Waals surface area contributed by atoms with E-state index in [0.29, 0.717) is 12.5 Å². The van der Waals surface area contributed by atoms with Crippen LogP contribution in [0, 0.1) is 16.0 Å². The van der Waals surface area contributed by atoms with Gasteiger partial charge in [0, 0.05) is 12.6 Å². The summed E-state index contributed by atoms with van der Waals surface area (Å²) in [6.07, 6.45) is 5.78. The summed E-state index contributed by atoms with van der Waals surface area (Å²) < 4.78 is 0. The van der Waals surface area contributed by atoms with Crippen LogP contribution < -0.4 is 5.32 Å². The molecule has 0 bridgehead atoms. The Morgan fingerprint density at radius 2 is 2.05 bits per heavy atom. The summed E-state index contributed by atoms with van der Waals surface area (Å²) in [4.78, 5) is 21.7. The molecule has 20 heavy (non-hydrogen) atoms. The number of anilines is 1. The van der Waals surface area contributed by atoms with Gasteiger partial charge in [-0.15, -0.1) is 0 Å². The minimum absolute atomic E-state index is 0.0463. The van der Waals surface area contributed by atoms with Crippen LogP contribution in [0.25, 0.3) is 0 Å². The van der Waals surface area contributed by atoms with E-state index in [4.69, 9.17) is 5.11 Å². The number of carbonyl (C=O) groups is 1. The first-order chi connectivity index (χ1) is 9.59. The Morgan fingerprint density at radius 1 is 1.35 bits per heavy atom. The minimum atomic E-state index is -1.15. The maximum atomic E-state index is 11.2. The van der Waals surface area contributed by atoms with Crippen LogP contribution in [0.2, 0.25) is 0 Å². The first kappa shape index (κ1) is 14.3. The molecule has 0 atom stereocenters. The van der Waals surface area contributed by atoms with Crippen molar-refractivity contribution in [1.82, 2.24) is 0 Å². The second-order valence-corrected chi connectivity index (χ2v) is 5.15. The van der Waals surface area contributed by atoms with Crippen molar-refractivity contribution in [2.75, 3.05) is 11.9 Å². The quantitative estimate of drug-likeness (QED) is 0.637. The lowest BCUT2D eigenvalue weighted by atomic mass is 9.89. The average molecular weight is 278 g/mol. The third-order valence-electron chi connectivity index (χ3n) is 3.76. The minimum Gasteiger partial charge on any atom is -0.478 e. The van der Waals surface area contributed by atoms with Crippen LogP contribution in [0.5, 0.6) is 0 Å². The first-order valence-electron chi connectivity index (χ1n) is 6.84. The van der Waals surface area contributed by atoms with Crippen LogP contribution in [0.4, 0.5) is 11.4 Å². The number of benzene rings is 1. The first-order valence-corrected chi connectivity index (χ1v) is 6.84. The number of nitrogens with one attached hydrogen (secondary N) is 1. The van der Waals surface area contributed by atoms with E-state index in [-0.39, 0.29) is 16.9 Å². The van der Waals surface area contributed by atoms with Crippen LogP contribution in [0.3, 0.4) is 0 Å². The highest BCUT2D eigenvalue weighted by molar-refractivity contribution is 5.96. The van der Waals surface area contributed by atoms with Gasteiger partial charge in [0.2, 0.25) is 0 Å². The summed E-state index contributed by atoms with van der Waals surface area (Å²) >= 11 is 0. The maximum Gasteiger partial charge on any atom is 0.338 e. The van der Waals surface area contributed by atoms with Gasteiger partial charge < -0.3 is 10.4 Å². The number of carboxylic acids is 1. The molecule has 1 aliphatic rings. The number of aromatic carboxylic acids is 1. The predicted molar refractivity (Wildman–Crippen MR) is 75.1 cm³/mol. The molecule has 0 heterocycles. The van der Waals surface area contributed by atoms with Crippen LogP contribution in [0.1, 0.15) is 42.5 Å². The lowest BCUT2D eigenvalue weighted by Crippen LogP contribution is -2.19. The number of nitro groups is 1. The zero-order valence-electron chi connectivity index (χ0n) is 11.2. The van der Waals surface area contributed by atoms with Gasteiger partial charge in [0.25, 0.3) is 5.69 Å². The van der Waals surface area contributed by atoms with E-state index in [0.717, 1.165) is 12.8 Å². The molecule has 1 aliphatic carbocycles. The Balaban J connectivity index is 2.19. The summed E-state index contributed by atoms with van der Waals surface area (Å²) in [7, 11) is 0. The summed E-state index contributed by atoms with van der Waals surface area (Å²) in [5.74, 6) is -0.690. The van der Waals surface area contributed by atoms with Gasteiger partial charge in [-0.2, -0.15) is 0 Å². The van der Waals surface area contributed by atoms with Crippen molar-refractivity contribution in [3.05, 3.63) is 33.9 Å². The van der Waals surface area contributed by atoms with E-state index >= 15 is 0 Å². The Bertz CT molecular complexity index is 478. The van der Waals surface area contributed by atoms with Crippen LogP contribution in [0.15, 0.2) is 18.2 Å². The zero-order chi connectivity index (χ0) is 14.5. The van der Waals surface area contributed by atoms with E-state index in [1.165, 1.54) is 37.5 Å². The highest BCUT2D eigenvalue weighted by atomic mass is 16.6. The molecule has 0 aliphatic heterocycles. The highest BCUT2D eigenvalue weighted by Gasteiger charge is 2.22. The summed E-state index contributed by atoms with van der Waals surface area (Å²) in [6.45, 7) is 0.588. The SMILES string of the molecule is O=C(O)c1cccc([N+](=O)[O-])c1NCC1CCCCC1. The normalized spacial score (nSPS) is 15.8. The fraction of sp³-hybridized carbons (Fsp3) is 0.500. The van der Waals surface area contributed by atoms with E-state index in [1.807, 2.05) is 0 Å². The number of rotatable bonds is 5. The smallest absolute Gasteiger partial charge is 0.338 e. The molecule has 1 saturated carbocycles. The largest absolute Gasteiger partial charge is 0.478 e. The third-order valence-corrected chi connectivity index (χ3v) is 3.76. The molecular weight excluding hydrogens is 260 g/mol. The monoisotopic (exact) mass is 278 g/mol. The Kier molecular flexibility index (Phi) is 4.55. The standard InChI is InChI=1S/C14H18N2O4/c17-14(18)11-7-4-8-12(16(19)20)13(11)15-9-10-5-2-1-3-6-10/h4,7-8,10,15H,1-3,5-6,9H2,(H,17,18). The van der Waals surface area contributed by atoms with Crippen LogP contribution in [-0.2, 0) is 0 Å². The van der Waals surface area contributed by atoms with Crippen LogP contribution >= 0.6 is 0 Å². The molecular formula is C14H18N2O4. The van der Waals surface area contributed by atoms with Gasteiger partial charge >= 0.3 is 5.97 Å². The molecule has 2 N–H and O–H groups in total. The Hall–Kier alpha value is -2.11. The molecule has 6 heteroatoms. The van der Waals surface area contributed by atoms with Crippen molar-refractivity contribution < 1.29 is 14.8 Å². The van der Waals surface area contributed by atoms with Crippen LogP contribution in [-0.4, -0.2) is 22.5 Å². The fourth-order valence-corrected chi connectivity index (χ4v) is 2.69. The van der Waals surface area contributed by atoms with Gasteiger partial charge in [0.15, 0.2) is 0 Å². The molecule has 0 spiro atoms. The molecule has 6 nitrogen and oxygen atoms in total. The summed E-state index contributed by atoms with van der Waals surface area (Å²) in [5.41, 5.74) is -0.105. The zero-order valence-corrected chi connectivity index (χ0v) is 11.2. The molecule has 0 amide bonds. The fourth-order valence-electron chi connectivity index (χ4n) is 2.69. The van der Waals surface area contributed by atoms with E-state index in [1.54, 1.807) is 0 Å².